The maximum absolute atomic E-state index is 13.7. The second kappa shape index (κ2) is 9.54. The zero-order valence-corrected chi connectivity index (χ0v) is 20.0. The molecule has 0 radical (unpaired) electrons. The van der Waals surface area contributed by atoms with Crippen LogP contribution in [-0.4, -0.2) is 18.1 Å². The second-order valence-corrected chi connectivity index (χ2v) is 8.72. The van der Waals surface area contributed by atoms with E-state index in [9.17, 15) is 4.79 Å². The van der Waals surface area contributed by atoms with E-state index in [2.05, 4.69) is 31.9 Å². The highest BCUT2D eigenvalue weighted by Crippen LogP contribution is 2.37. The molecule has 32 heavy (non-hydrogen) atoms. The Morgan fingerprint density at radius 1 is 1.06 bits per heavy atom. The van der Waals surface area contributed by atoms with Crippen molar-refractivity contribution in [2.24, 2.45) is 0 Å². The lowest BCUT2D eigenvalue weighted by Crippen LogP contribution is -2.45. The van der Waals surface area contributed by atoms with Crippen LogP contribution in [0.3, 0.4) is 0 Å². The fourth-order valence-corrected chi connectivity index (χ4v) is 4.24. The number of rotatable bonds is 5. The van der Waals surface area contributed by atoms with Gasteiger partial charge in [-0.3, -0.25) is 4.79 Å². The lowest BCUT2D eigenvalue weighted by atomic mass is 9.91. The highest BCUT2D eigenvalue weighted by Gasteiger charge is 2.34. The molecule has 7 heteroatoms. The molecule has 1 aliphatic rings. The van der Waals surface area contributed by atoms with E-state index in [0.717, 1.165) is 21.2 Å². The molecule has 3 aromatic carbocycles. The highest BCUT2D eigenvalue weighted by atomic mass is 79.9. The summed E-state index contributed by atoms with van der Waals surface area (Å²) in [5.74, 6) is 0.422. The molecule has 1 amide bonds. The molecule has 0 fully saturated rings. The molecule has 0 spiro atoms. The van der Waals surface area contributed by atoms with Gasteiger partial charge in [0.05, 0.1) is 24.4 Å². The zero-order chi connectivity index (χ0) is 22.7. The van der Waals surface area contributed by atoms with E-state index in [-0.39, 0.29) is 5.91 Å². The average molecular weight is 508 g/mol. The Morgan fingerprint density at radius 3 is 2.47 bits per heavy atom. The number of carbonyl (C=O) groups excluding carboxylic acids is 1. The molecule has 1 heterocycles. The lowest BCUT2D eigenvalue weighted by molar-refractivity contribution is -0.113. The summed E-state index contributed by atoms with van der Waals surface area (Å²) in [6.45, 7) is 2.01. The molecule has 0 saturated carbocycles. The van der Waals surface area contributed by atoms with E-state index in [4.69, 9.17) is 17.0 Å². The van der Waals surface area contributed by atoms with E-state index in [1.807, 2.05) is 79.7 Å². The van der Waals surface area contributed by atoms with E-state index < -0.39 is 6.04 Å². The quantitative estimate of drug-likeness (QED) is 0.407. The van der Waals surface area contributed by atoms with E-state index in [0.29, 0.717) is 27.8 Å². The normalized spacial score (nSPS) is 15.6. The highest BCUT2D eigenvalue weighted by molar-refractivity contribution is 9.10. The van der Waals surface area contributed by atoms with Crippen molar-refractivity contribution in [3.05, 3.63) is 99.5 Å². The van der Waals surface area contributed by atoms with Crippen LogP contribution in [0.5, 0.6) is 5.75 Å². The zero-order valence-electron chi connectivity index (χ0n) is 17.6. The van der Waals surface area contributed by atoms with Crippen LogP contribution < -0.4 is 20.7 Å². The van der Waals surface area contributed by atoms with Crippen molar-refractivity contribution in [2.75, 3.05) is 12.4 Å². The number of benzene rings is 3. The molecule has 0 bridgehead atoms. The van der Waals surface area contributed by atoms with Crippen LogP contribution in [-0.2, 0) is 4.79 Å². The molecular formula is C25H22BrN3O2S. The minimum absolute atomic E-state index is 0.234. The summed E-state index contributed by atoms with van der Waals surface area (Å²) < 4.78 is 6.48. The summed E-state index contributed by atoms with van der Waals surface area (Å²) in [7, 11) is 1.61. The Hall–Kier alpha value is -3.16. The summed E-state index contributed by atoms with van der Waals surface area (Å²) in [6, 6.07) is 22.6. The summed E-state index contributed by atoms with van der Waals surface area (Å²) >= 11 is 9.05. The first-order valence-corrected chi connectivity index (χ1v) is 11.2. The molecule has 4 rings (SSSR count). The van der Waals surface area contributed by atoms with Crippen LogP contribution in [0.4, 0.5) is 5.69 Å². The molecule has 5 nitrogen and oxygen atoms in total. The summed E-state index contributed by atoms with van der Waals surface area (Å²) in [4.78, 5) is 13.7. The van der Waals surface area contributed by atoms with E-state index >= 15 is 0 Å². The Bertz CT molecular complexity index is 1190. The Kier molecular flexibility index (Phi) is 6.58. The van der Waals surface area contributed by atoms with Gasteiger partial charge in [-0.25, -0.2) is 0 Å². The lowest BCUT2D eigenvalue weighted by Gasteiger charge is -2.32. The van der Waals surface area contributed by atoms with Gasteiger partial charge in [-0.05, 0) is 55.0 Å². The first-order valence-electron chi connectivity index (χ1n) is 10.0. The number of methoxy groups -OCH3 is 1. The number of nitrogens with one attached hydrogen (secondary N) is 3. The molecular weight excluding hydrogens is 486 g/mol. The fourth-order valence-electron chi connectivity index (χ4n) is 3.64. The summed E-state index contributed by atoms with van der Waals surface area (Å²) in [5.41, 5.74) is 4.68. The topological polar surface area (TPSA) is 62.4 Å². The summed E-state index contributed by atoms with van der Waals surface area (Å²) in [6.07, 6.45) is 0. The van der Waals surface area contributed by atoms with Crippen molar-refractivity contribution in [3.8, 4) is 5.75 Å². The maximum atomic E-state index is 13.7. The number of halogens is 1. The number of ether oxygens (including phenoxy) is 1. The van der Waals surface area contributed by atoms with Crippen molar-refractivity contribution in [3.63, 3.8) is 0 Å². The molecule has 0 saturated heterocycles. The molecule has 1 atom stereocenters. The number of hydrogen-bond acceptors (Lipinski definition) is 3. The van der Waals surface area contributed by atoms with Crippen LogP contribution in [0.15, 0.2) is 82.8 Å². The SMILES string of the molecule is COc1ccc(Br)cc1C1NC(=S)NC(c2ccccc2)=C1C(=O)Nc1ccc(C)cc1. The Labute approximate surface area is 201 Å². The standard InChI is InChI=1S/C25H22BrN3O2S/c1-15-8-11-18(12-9-15)27-24(30)21-22(16-6-4-3-5-7-16)28-25(32)29-23(21)19-14-17(26)10-13-20(19)31-2/h3-14,23H,1-2H3,(H,27,30)(H2,28,29,32). The molecule has 3 aromatic rings. The van der Waals surface area contributed by atoms with Crippen molar-refractivity contribution < 1.29 is 9.53 Å². The van der Waals surface area contributed by atoms with Gasteiger partial charge in [-0.1, -0.05) is 64.0 Å². The van der Waals surface area contributed by atoms with Gasteiger partial charge in [0.1, 0.15) is 5.75 Å². The number of anilines is 1. The largest absolute Gasteiger partial charge is 0.496 e. The van der Waals surface area contributed by atoms with E-state index in [1.54, 1.807) is 7.11 Å². The van der Waals surface area contributed by atoms with Gasteiger partial charge in [-0.15, -0.1) is 0 Å². The third-order valence-electron chi connectivity index (χ3n) is 5.19. The third-order valence-corrected chi connectivity index (χ3v) is 5.90. The Morgan fingerprint density at radius 2 is 1.78 bits per heavy atom. The van der Waals surface area contributed by atoms with Crippen LogP contribution in [0.1, 0.15) is 22.7 Å². The number of carbonyl (C=O) groups is 1. The van der Waals surface area contributed by atoms with Crippen LogP contribution >= 0.6 is 28.1 Å². The van der Waals surface area contributed by atoms with Crippen molar-refractivity contribution in [2.45, 2.75) is 13.0 Å². The second-order valence-electron chi connectivity index (χ2n) is 7.39. The number of hydrogen-bond donors (Lipinski definition) is 3. The van der Waals surface area contributed by atoms with Gasteiger partial charge in [-0.2, -0.15) is 0 Å². The average Bonchev–Trinajstić information content (AvgIpc) is 2.80. The Balaban J connectivity index is 1.87. The van der Waals surface area contributed by atoms with Gasteiger partial charge < -0.3 is 20.7 Å². The monoisotopic (exact) mass is 507 g/mol. The number of aryl methyl sites for hydroxylation is 1. The van der Waals surface area contributed by atoms with Crippen LogP contribution in [0.2, 0.25) is 0 Å². The van der Waals surface area contributed by atoms with Gasteiger partial charge in [0.25, 0.3) is 5.91 Å². The minimum Gasteiger partial charge on any atom is -0.496 e. The van der Waals surface area contributed by atoms with Gasteiger partial charge >= 0.3 is 0 Å². The van der Waals surface area contributed by atoms with Crippen LogP contribution in [0.25, 0.3) is 5.70 Å². The third kappa shape index (κ3) is 4.69. The van der Waals surface area contributed by atoms with E-state index in [1.165, 1.54) is 0 Å². The first kappa shape index (κ1) is 22.0. The van der Waals surface area contributed by atoms with Crippen molar-refractivity contribution >= 4 is 50.6 Å². The predicted octanol–water partition coefficient (Wildman–Crippen LogP) is 5.33. The van der Waals surface area contributed by atoms with Gasteiger partial charge in [0.2, 0.25) is 0 Å². The number of amides is 1. The predicted molar refractivity (Wildman–Crippen MR) is 135 cm³/mol. The maximum Gasteiger partial charge on any atom is 0.256 e. The molecule has 0 aromatic heterocycles. The molecule has 3 N–H and O–H groups in total. The van der Waals surface area contributed by atoms with Gasteiger partial charge in [0, 0.05) is 15.7 Å². The molecule has 1 aliphatic heterocycles. The van der Waals surface area contributed by atoms with Crippen molar-refractivity contribution in [1.29, 1.82) is 0 Å². The number of thiocarbonyl (C=S) groups is 1. The fraction of sp³-hybridized carbons (Fsp3) is 0.120. The molecule has 0 aliphatic carbocycles. The van der Waals surface area contributed by atoms with Gasteiger partial charge in [0.15, 0.2) is 5.11 Å². The first-order chi connectivity index (χ1) is 15.5. The smallest absolute Gasteiger partial charge is 0.256 e. The molecule has 1 unspecified atom stereocenters. The summed E-state index contributed by atoms with van der Waals surface area (Å²) in [5, 5.41) is 9.92. The van der Waals surface area contributed by atoms with Crippen molar-refractivity contribution in [1.82, 2.24) is 10.6 Å². The van der Waals surface area contributed by atoms with Crippen LogP contribution in [0, 0.1) is 6.92 Å². The minimum atomic E-state index is -0.517. The molecule has 162 valence electrons.